The Morgan fingerprint density at radius 2 is 1.63 bits per heavy atom. The van der Waals surface area contributed by atoms with E-state index in [4.69, 9.17) is 0 Å². The zero-order valence-corrected chi connectivity index (χ0v) is 14.3. The van der Waals surface area contributed by atoms with E-state index in [1.165, 1.54) is 12.1 Å². The average molecular weight is 372 g/mol. The Kier molecular flexibility index (Phi) is 6.40. The molecule has 3 aromatic rings. The van der Waals surface area contributed by atoms with Crippen LogP contribution in [0.1, 0.15) is 12.0 Å². The first kappa shape index (κ1) is 18.4. The molecule has 0 aliphatic heterocycles. The smallest absolute Gasteiger partial charge is 0.387 e. The Morgan fingerprint density at radius 3 is 2.30 bits per heavy atom. The summed E-state index contributed by atoms with van der Waals surface area (Å²) in [6.45, 7) is -2.09. The molecule has 0 amide bonds. The van der Waals surface area contributed by atoms with Crippen LogP contribution in [-0.2, 0) is 6.42 Å². The van der Waals surface area contributed by atoms with Crippen molar-refractivity contribution < 1.29 is 13.5 Å². The first-order chi connectivity index (χ1) is 13.2. The summed E-state index contributed by atoms with van der Waals surface area (Å²) in [5.41, 5.74) is 1.69. The molecule has 0 bridgehead atoms. The van der Waals surface area contributed by atoms with Crippen LogP contribution in [0.5, 0.6) is 5.75 Å². The van der Waals surface area contributed by atoms with Crippen molar-refractivity contribution in [2.45, 2.75) is 19.5 Å². The number of rotatable bonds is 9. The molecule has 0 aliphatic carbocycles. The Morgan fingerprint density at radius 1 is 0.926 bits per heavy atom. The lowest BCUT2D eigenvalue weighted by atomic mass is 10.2. The molecule has 0 atom stereocenters. The summed E-state index contributed by atoms with van der Waals surface area (Å²) in [6.07, 6.45) is 8.59. The highest BCUT2D eigenvalue weighted by atomic mass is 19.3. The van der Waals surface area contributed by atoms with Gasteiger partial charge in [0, 0.05) is 37.0 Å². The zero-order valence-electron chi connectivity index (χ0n) is 14.3. The Hall–Kier alpha value is -3.36. The van der Waals surface area contributed by atoms with Crippen LogP contribution in [0.4, 0.5) is 26.4 Å². The van der Waals surface area contributed by atoms with E-state index in [9.17, 15) is 8.78 Å². The minimum atomic E-state index is -2.84. The van der Waals surface area contributed by atoms with Crippen molar-refractivity contribution in [3.05, 3.63) is 60.7 Å². The predicted molar refractivity (Wildman–Crippen MR) is 97.2 cm³/mol. The quantitative estimate of drug-likeness (QED) is 0.555. The highest BCUT2D eigenvalue weighted by molar-refractivity contribution is 5.54. The van der Waals surface area contributed by atoms with Crippen LogP contribution in [0, 0.1) is 0 Å². The molecule has 0 radical (unpaired) electrons. The molecule has 2 N–H and O–H groups in total. The Labute approximate surface area is 154 Å². The van der Waals surface area contributed by atoms with Gasteiger partial charge in [-0.3, -0.25) is 0 Å². The molecule has 0 aliphatic rings. The third kappa shape index (κ3) is 6.14. The van der Waals surface area contributed by atoms with Crippen LogP contribution in [0.15, 0.2) is 55.1 Å². The molecule has 27 heavy (non-hydrogen) atoms. The second-order valence-corrected chi connectivity index (χ2v) is 5.55. The fourth-order valence-electron chi connectivity index (χ4n) is 2.28. The van der Waals surface area contributed by atoms with Crippen molar-refractivity contribution in [2.24, 2.45) is 0 Å². The van der Waals surface area contributed by atoms with E-state index in [1.54, 1.807) is 43.0 Å². The molecule has 2 aromatic heterocycles. The lowest BCUT2D eigenvalue weighted by Crippen LogP contribution is -2.06. The summed E-state index contributed by atoms with van der Waals surface area (Å²) in [4.78, 5) is 16.7. The van der Waals surface area contributed by atoms with E-state index in [0.29, 0.717) is 17.6 Å². The fraction of sp³-hybridized carbons (Fsp3) is 0.222. The molecular weight excluding hydrogens is 354 g/mol. The third-order valence-electron chi connectivity index (χ3n) is 3.53. The molecule has 9 heteroatoms. The van der Waals surface area contributed by atoms with Crippen LogP contribution in [0.25, 0.3) is 0 Å². The molecule has 0 spiro atoms. The number of aromatic nitrogens is 4. The lowest BCUT2D eigenvalue weighted by molar-refractivity contribution is -0.0498. The summed E-state index contributed by atoms with van der Waals surface area (Å²) >= 11 is 0. The van der Waals surface area contributed by atoms with Crippen molar-refractivity contribution in [3.8, 4) is 5.75 Å². The van der Waals surface area contributed by atoms with Gasteiger partial charge >= 0.3 is 6.61 Å². The standard InChI is InChI=1S/C18H18F2N6O/c19-16(20)27-15-6-4-14(5-7-15)26-18-24-11-13(12-25-18)3-1-8-21-17-22-9-2-10-23-17/h2,4-7,9-12,16H,1,3,8H2,(H,21,22,23)(H,24,25,26). The summed E-state index contributed by atoms with van der Waals surface area (Å²) in [5.74, 6) is 1.14. The number of hydrogen-bond acceptors (Lipinski definition) is 7. The van der Waals surface area contributed by atoms with E-state index >= 15 is 0 Å². The highest BCUT2D eigenvalue weighted by Gasteiger charge is 2.04. The van der Waals surface area contributed by atoms with Crippen LogP contribution in [0.2, 0.25) is 0 Å². The van der Waals surface area contributed by atoms with E-state index in [2.05, 4.69) is 35.3 Å². The third-order valence-corrected chi connectivity index (χ3v) is 3.53. The zero-order chi connectivity index (χ0) is 18.9. The van der Waals surface area contributed by atoms with Crippen LogP contribution in [0.3, 0.4) is 0 Å². The van der Waals surface area contributed by atoms with E-state index in [1.807, 2.05) is 0 Å². The van der Waals surface area contributed by atoms with Gasteiger partial charge in [-0.1, -0.05) is 0 Å². The SMILES string of the molecule is FC(F)Oc1ccc(Nc2ncc(CCCNc3ncccn3)cn2)cc1. The fourth-order valence-corrected chi connectivity index (χ4v) is 2.28. The van der Waals surface area contributed by atoms with Gasteiger partial charge in [-0.05, 0) is 48.7 Å². The van der Waals surface area contributed by atoms with Gasteiger partial charge in [0.1, 0.15) is 5.75 Å². The predicted octanol–water partition coefficient (Wildman–Crippen LogP) is 3.66. The number of alkyl halides is 2. The highest BCUT2D eigenvalue weighted by Crippen LogP contribution is 2.19. The van der Waals surface area contributed by atoms with Gasteiger partial charge in [-0.25, -0.2) is 19.9 Å². The Bertz CT molecular complexity index is 816. The van der Waals surface area contributed by atoms with E-state index < -0.39 is 6.61 Å². The van der Waals surface area contributed by atoms with Crippen molar-refractivity contribution in [1.29, 1.82) is 0 Å². The number of aryl methyl sites for hydroxylation is 1. The number of hydrogen-bond donors (Lipinski definition) is 2. The minimum absolute atomic E-state index is 0.0985. The largest absolute Gasteiger partial charge is 0.435 e. The van der Waals surface area contributed by atoms with Crippen LogP contribution in [-0.4, -0.2) is 33.1 Å². The summed E-state index contributed by atoms with van der Waals surface area (Å²) in [6, 6.07) is 7.90. The topological polar surface area (TPSA) is 84.9 Å². The van der Waals surface area contributed by atoms with Gasteiger partial charge in [0.15, 0.2) is 0 Å². The monoisotopic (exact) mass is 372 g/mol. The molecule has 3 rings (SSSR count). The number of ether oxygens (including phenoxy) is 1. The van der Waals surface area contributed by atoms with Crippen molar-refractivity contribution in [3.63, 3.8) is 0 Å². The molecular formula is C18H18F2N6O. The molecule has 140 valence electrons. The Balaban J connectivity index is 1.44. The van der Waals surface area contributed by atoms with Gasteiger partial charge in [-0.15, -0.1) is 0 Å². The number of benzene rings is 1. The summed E-state index contributed by atoms with van der Waals surface area (Å²) in [5, 5.41) is 6.15. The van der Waals surface area contributed by atoms with E-state index in [-0.39, 0.29) is 5.75 Å². The molecule has 0 saturated carbocycles. The maximum Gasteiger partial charge on any atom is 0.387 e. The molecule has 0 saturated heterocycles. The molecule has 7 nitrogen and oxygen atoms in total. The summed E-state index contributed by atoms with van der Waals surface area (Å²) < 4.78 is 28.6. The molecule has 0 unspecified atom stereocenters. The number of nitrogens with zero attached hydrogens (tertiary/aromatic N) is 4. The maximum atomic E-state index is 12.1. The van der Waals surface area contributed by atoms with Crippen LogP contribution >= 0.6 is 0 Å². The van der Waals surface area contributed by atoms with Crippen molar-refractivity contribution in [1.82, 2.24) is 19.9 Å². The van der Waals surface area contributed by atoms with Gasteiger partial charge in [0.2, 0.25) is 11.9 Å². The maximum absolute atomic E-state index is 12.1. The van der Waals surface area contributed by atoms with Crippen molar-refractivity contribution in [2.75, 3.05) is 17.2 Å². The second kappa shape index (κ2) is 9.37. The van der Waals surface area contributed by atoms with Gasteiger partial charge in [-0.2, -0.15) is 8.78 Å². The van der Waals surface area contributed by atoms with Gasteiger partial charge < -0.3 is 15.4 Å². The molecule has 2 heterocycles. The molecule has 1 aromatic carbocycles. The number of nitrogens with one attached hydrogen (secondary N) is 2. The number of halogens is 2. The van der Waals surface area contributed by atoms with Gasteiger partial charge in [0.05, 0.1) is 0 Å². The first-order valence-electron chi connectivity index (χ1n) is 8.33. The molecule has 0 fully saturated rings. The number of anilines is 3. The summed E-state index contributed by atoms with van der Waals surface area (Å²) in [7, 11) is 0. The first-order valence-corrected chi connectivity index (χ1v) is 8.33. The van der Waals surface area contributed by atoms with Crippen LogP contribution < -0.4 is 15.4 Å². The van der Waals surface area contributed by atoms with Crippen molar-refractivity contribution >= 4 is 17.6 Å². The van der Waals surface area contributed by atoms with E-state index in [0.717, 1.165) is 24.9 Å². The lowest BCUT2D eigenvalue weighted by Gasteiger charge is -2.08. The van der Waals surface area contributed by atoms with Gasteiger partial charge in [0.25, 0.3) is 0 Å². The average Bonchev–Trinajstić information content (AvgIpc) is 2.68. The minimum Gasteiger partial charge on any atom is -0.435 e. The normalized spacial score (nSPS) is 10.6. The second-order valence-electron chi connectivity index (χ2n) is 5.55.